The molecule has 1 aliphatic carbocycles. The van der Waals surface area contributed by atoms with E-state index in [4.69, 9.17) is 4.74 Å². The second-order valence-electron chi connectivity index (χ2n) is 7.27. The van der Waals surface area contributed by atoms with Crippen LogP contribution in [0.2, 0.25) is 0 Å². The first-order chi connectivity index (χ1) is 11.8. The van der Waals surface area contributed by atoms with Crippen molar-refractivity contribution >= 4 is 5.96 Å². The number of para-hydroxylation sites is 1. The van der Waals surface area contributed by atoms with Crippen LogP contribution in [0.4, 0.5) is 0 Å². The van der Waals surface area contributed by atoms with Crippen LogP contribution in [0, 0.1) is 5.92 Å². The lowest BCUT2D eigenvalue weighted by molar-refractivity contribution is 0.235. The molecule has 0 spiro atoms. The van der Waals surface area contributed by atoms with Crippen LogP contribution in [-0.2, 0) is 6.42 Å². The highest BCUT2D eigenvalue weighted by Gasteiger charge is 2.34. The SMILES string of the molecule is CN=C(NCC1CCN(C2CC2)C1)NCC1Cc2ccccc2O1. The van der Waals surface area contributed by atoms with Gasteiger partial charge in [0, 0.05) is 32.6 Å². The van der Waals surface area contributed by atoms with Gasteiger partial charge in [0.15, 0.2) is 5.96 Å². The van der Waals surface area contributed by atoms with Crippen LogP contribution in [0.15, 0.2) is 29.3 Å². The van der Waals surface area contributed by atoms with Gasteiger partial charge in [-0.15, -0.1) is 0 Å². The molecular weight excluding hydrogens is 300 g/mol. The molecule has 2 aliphatic heterocycles. The van der Waals surface area contributed by atoms with Gasteiger partial charge in [-0.05, 0) is 43.4 Å². The maximum atomic E-state index is 5.98. The lowest BCUT2D eigenvalue weighted by Crippen LogP contribution is -2.44. The molecular formula is C19H28N4O. The van der Waals surface area contributed by atoms with Crippen molar-refractivity contribution in [2.24, 2.45) is 10.9 Å². The van der Waals surface area contributed by atoms with Crippen LogP contribution in [0.25, 0.3) is 0 Å². The Balaban J connectivity index is 1.18. The van der Waals surface area contributed by atoms with Gasteiger partial charge in [-0.1, -0.05) is 18.2 Å². The number of nitrogens with zero attached hydrogens (tertiary/aromatic N) is 2. The molecule has 0 amide bonds. The van der Waals surface area contributed by atoms with Gasteiger partial charge in [-0.25, -0.2) is 0 Å². The molecule has 130 valence electrons. The van der Waals surface area contributed by atoms with E-state index in [1.807, 2.05) is 19.2 Å². The fraction of sp³-hybridized carbons (Fsp3) is 0.632. The first kappa shape index (κ1) is 15.8. The fourth-order valence-electron chi connectivity index (χ4n) is 3.84. The number of ether oxygens (including phenoxy) is 1. The standard InChI is InChI=1S/C19H28N4O/c1-20-19(21-11-14-8-9-23(13-14)16-6-7-16)22-12-17-10-15-4-2-3-5-18(15)24-17/h2-5,14,16-17H,6-13H2,1H3,(H2,20,21,22). The molecule has 1 saturated heterocycles. The van der Waals surface area contributed by atoms with Gasteiger partial charge in [0.25, 0.3) is 0 Å². The average Bonchev–Trinajstić information content (AvgIpc) is 3.20. The Hall–Kier alpha value is -1.75. The van der Waals surface area contributed by atoms with Gasteiger partial charge in [-0.2, -0.15) is 0 Å². The molecule has 4 rings (SSSR count). The Kier molecular flexibility index (Phi) is 4.60. The van der Waals surface area contributed by atoms with E-state index in [1.54, 1.807) is 0 Å². The second kappa shape index (κ2) is 7.01. The van der Waals surface area contributed by atoms with Crippen molar-refractivity contribution in [3.8, 4) is 5.75 Å². The zero-order valence-corrected chi connectivity index (χ0v) is 14.5. The van der Waals surface area contributed by atoms with Crippen LogP contribution < -0.4 is 15.4 Å². The summed E-state index contributed by atoms with van der Waals surface area (Å²) < 4.78 is 5.98. The van der Waals surface area contributed by atoms with Crippen molar-refractivity contribution in [3.63, 3.8) is 0 Å². The molecule has 5 nitrogen and oxygen atoms in total. The number of benzene rings is 1. The van der Waals surface area contributed by atoms with Crippen molar-refractivity contribution in [3.05, 3.63) is 29.8 Å². The predicted molar refractivity (Wildman–Crippen MR) is 96.6 cm³/mol. The topological polar surface area (TPSA) is 48.9 Å². The molecule has 3 aliphatic rings. The molecule has 5 heteroatoms. The highest BCUT2D eigenvalue weighted by atomic mass is 16.5. The van der Waals surface area contributed by atoms with Crippen LogP contribution >= 0.6 is 0 Å². The van der Waals surface area contributed by atoms with Crippen molar-refractivity contribution < 1.29 is 4.74 Å². The molecule has 2 heterocycles. The number of rotatable bonds is 5. The number of likely N-dealkylation sites (tertiary alicyclic amines) is 1. The summed E-state index contributed by atoms with van der Waals surface area (Å²) in [6.45, 7) is 4.31. The molecule has 1 aromatic carbocycles. The van der Waals surface area contributed by atoms with Crippen LogP contribution in [0.1, 0.15) is 24.8 Å². The lowest BCUT2D eigenvalue weighted by Gasteiger charge is -2.18. The molecule has 2 atom stereocenters. The van der Waals surface area contributed by atoms with Gasteiger partial charge in [0.1, 0.15) is 11.9 Å². The normalized spacial score (nSPS) is 27.0. The van der Waals surface area contributed by atoms with Crippen molar-refractivity contribution in [1.82, 2.24) is 15.5 Å². The summed E-state index contributed by atoms with van der Waals surface area (Å²) in [6, 6.07) is 9.20. The number of aliphatic imine (C=N–C) groups is 1. The lowest BCUT2D eigenvalue weighted by atomic mass is 10.1. The average molecular weight is 328 g/mol. The zero-order chi connectivity index (χ0) is 16.4. The van der Waals surface area contributed by atoms with E-state index in [0.717, 1.165) is 43.2 Å². The number of guanidine groups is 1. The third-order valence-electron chi connectivity index (χ3n) is 5.37. The summed E-state index contributed by atoms with van der Waals surface area (Å²) in [5.74, 6) is 2.66. The smallest absolute Gasteiger partial charge is 0.191 e. The number of hydrogen-bond donors (Lipinski definition) is 2. The van der Waals surface area contributed by atoms with Crippen molar-refractivity contribution in [2.45, 2.75) is 37.8 Å². The Labute approximate surface area is 144 Å². The quantitative estimate of drug-likeness (QED) is 0.637. The fourth-order valence-corrected chi connectivity index (χ4v) is 3.84. The van der Waals surface area contributed by atoms with Crippen molar-refractivity contribution in [2.75, 3.05) is 33.2 Å². The molecule has 2 unspecified atom stereocenters. The molecule has 0 bridgehead atoms. The van der Waals surface area contributed by atoms with Gasteiger partial charge in [-0.3, -0.25) is 4.99 Å². The zero-order valence-electron chi connectivity index (χ0n) is 14.5. The van der Waals surface area contributed by atoms with Crippen LogP contribution in [-0.4, -0.2) is 56.2 Å². The van der Waals surface area contributed by atoms with E-state index < -0.39 is 0 Å². The summed E-state index contributed by atoms with van der Waals surface area (Å²) in [4.78, 5) is 7.01. The summed E-state index contributed by atoms with van der Waals surface area (Å²) in [5, 5.41) is 6.91. The Morgan fingerprint density at radius 3 is 2.83 bits per heavy atom. The number of fused-ring (bicyclic) bond motifs is 1. The molecule has 1 saturated carbocycles. The Bertz CT molecular complexity index is 574. The van der Waals surface area contributed by atoms with E-state index in [-0.39, 0.29) is 6.10 Å². The number of hydrogen-bond acceptors (Lipinski definition) is 3. The third kappa shape index (κ3) is 3.66. The van der Waals surface area contributed by atoms with Gasteiger partial charge in [0.2, 0.25) is 0 Å². The predicted octanol–water partition coefficient (Wildman–Crippen LogP) is 1.64. The number of nitrogens with one attached hydrogen (secondary N) is 2. The van der Waals surface area contributed by atoms with E-state index in [2.05, 4.69) is 32.7 Å². The largest absolute Gasteiger partial charge is 0.488 e. The van der Waals surface area contributed by atoms with Gasteiger partial charge in [0.05, 0.1) is 6.54 Å². The van der Waals surface area contributed by atoms with E-state index >= 15 is 0 Å². The Morgan fingerprint density at radius 2 is 2.04 bits per heavy atom. The minimum Gasteiger partial charge on any atom is -0.488 e. The summed E-state index contributed by atoms with van der Waals surface area (Å²) in [6.07, 6.45) is 5.29. The van der Waals surface area contributed by atoms with E-state index in [9.17, 15) is 0 Å². The highest BCUT2D eigenvalue weighted by Crippen LogP contribution is 2.31. The molecule has 0 radical (unpaired) electrons. The highest BCUT2D eigenvalue weighted by molar-refractivity contribution is 5.79. The minimum absolute atomic E-state index is 0.192. The Morgan fingerprint density at radius 1 is 1.21 bits per heavy atom. The first-order valence-corrected chi connectivity index (χ1v) is 9.25. The maximum absolute atomic E-state index is 5.98. The third-order valence-corrected chi connectivity index (χ3v) is 5.37. The summed E-state index contributed by atoms with van der Waals surface area (Å²) in [7, 11) is 1.84. The summed E-state index contributed by atoms with van der Waals surface area (Å²) in [5.41, 5.74) is 1.30. The molecule has 2 N–H and O–H groups in total. The molecule has 1 aromatic rings. The first-order valence-electron chi connectivity index (χ1n) is 9.25. The van der Waals surface area contributed by atoms with Gasteiger partial charge >= 0.3 is 0 Å². The van der Waals surface area contributed by atoms with Crippen LogP contribution in [0.3, 0.4) is 0 Å². The van der Waals surface area contributed by atoms with Gasteiger partial charge < -0.3 is 20.3 Å². The minimum atomic E-state index is 0.192. The monoisotopic (exact) mass is 328 g/mol. The molecule has 24 heavy (non-hydrogen) atoms. The second-order valence-corrected chi connectivity index (χ2v) is 7.27. The van der Waals surface area contributed by atoms with Crippen LogP contribution in [0.5, 0.6) is 5.75 Å². The molecule has 2 fully saturated rings. The molecule has 0 aromatic heterocycles. The van der Waals surface area contributed by atoms with E-state index in [0.29, 0.717) is 0 Å². The van der Waals surface area contributed by atoms with E-state index in [1.165, 1.54) is 37.9 Å². The maximum Gasteiger partial charge on any atom is 0.191 e. The summed E-state index contributed by atoms with van der Waals surface area (Å²) >= 11 is 0. The van der Waals surface area contributed by atoms with Crippen molar-refractivity contribution in [1.29, 1.82) is 0 Å².